The summed E-state index contributed by atoms with van der Waals surface area (Å²) in [5.41, 5.74) is 2.61. The lowest BCUT2D eigenvalue weighted by Crippen LogP contribution is -2.16. The number of halogens is 2. The highest BCUT2D eigenvalue weighted by Crippen LogP contribution is 2.26. The minimum atomic E-state index is -0.325. The van der Waals surface area contributed by atoms with E-state index in [1.165, 1.54) is 5.56 Å². The van der Waals surface area contributed by atoms with Crippen molar-refractivity contribution in [1.82, 2.24) is 9.78 Å². The molecule has 0 atom stereocenters. The number of benzene rings is 2. The van der Waals surface area contributed by atoms with Crippen molar-refractivity contribution in [2.75, 3.05) is 5.32 Å². The molecule has 6 heteroatoms. The van der Waals surface area contributed by atoms with Crippen LogP contribution in [0.3, 0.4) is 0 Å². The first kappa shape index (κ1) is 16.6. The highest BCUT2D eigenvalue weighted by atomic mass is 35.5. The zero-order valence-corrected chi connectivity index (χ0v) is 14.5. The van der Waals surface area contributed by atoms with Crippen LogP contribution in [0.15, 0.2) is 54.7 Å². The van der Waals surface area contributed by atoms with Gasteiger partial charge in [-0.15, -0.1) is 0 Å². The Balaban J connectivity index is 1.80. The van der Waals surface area contributed by atoms with E-state index in [1.54, 1.807) is 35.1 Å². The smallest absolute Gasteiger partial charge is 0.258 e. The van der Waals surface area contributed by atoms with E-state index in [0.717, 1.165) is 5.56 Å². The van der Waals surface area contributed by atoms with Crippen LogP contribution in [0, 0.1) is 6.92 Å². The normalized spacial score (nSPS) is 10.6. The maximum Gasteiger partial charge on any atom is 0.258 e. The Hall–Kier alpha value is -2.30. The minimum Gasteiger partial charge on any atom is -0.307 e. The summed E-state index contributed by atoms with van der Waals surface area (Å²) < 4.78 is 1.73. The monoisotopic (exact) mass is 359 g/mol. The quantitative estimate of drug-likeness (QED) is 0.727. The Bertz CT molecular complexity index is 889. The first-order valence-corrected chi connectivity index (χ1v) is 8.13. The predicted octanol–water partition coefficient (Wildman–Crippen LogP) is 4.80. The SMILES string of the molecule is Cc1cccc(Cn2nccc2NC(=O)c2cccc(Cl)c2Cl)c1. The standard InChI is InChI=1S/C18H15Cl2N3O/c1-12-4-2-5-13(10-12)11-23-16(8-9-21-23)22-18(24)14-6-3-7-15(19)17(14)20/h2-10H,11H2,1H3,(H,22,24). The molecule has 1 aromatic heterocycles. The van der Waals surface area contributed by atoms with Gasteiger partial charge in [-0.25, -0.2) is 4.68 Å². The molecule has 0 saturated heterocycles. The molecular formula is C18H15Cl2N3O. The maximum atomic E-state index is 12.4. The molecule has 1 amide bonds. The number of carbonyl (C=O) groups excluding carboxylic acids is 1. The lowest BCUT2D eigenvalue weighted by Gasteiger charge is -2.11. The number of nitrogens with one attached hydrogen (secondary N) is 1. The van der Waals surface area contributed by atoms with Crippen molar-refractivity contribution in [3.63, 3.8) is 0 Å². The number of anilines is 1. The Morgan fingerprint density at radius 3 is 2.75 bits per heavy atom. The summed E-state index contributed by atoms with van der Waals surface area (Å²) >= 11 is 12.1. The van der Waals surface area contributed by atoms with Crippen molar-refractivity contribution in [2.45, 2.75) is 13.5 Å². The van der Waals surface area contributed by atoms with Gasteiger partial charge in [-0.05, 0) is 24.6 Å². The zero-order valence-electron chi connectivity index (χ0n) is 13.0. The molecule has 0 saturated carbocycles. The van der Waals surface area contributed by atoms with Crippen LogP contribution < -0.4 is 5.32 Å². The topological polar surface area (TPSA) is 46.9 Å². The summed E-state index contributed by atoms with van der Waals surface area (Å²) in [5, 5.41) is 7.68. The third-order valence-electron chi connectivity index (χ3n) is 3.57. The van der Waals surface area contributed by atoms with Crippen LogP contribution in [0.2, 0.25) is 10.0 Å². The number of nitrogens with zero attached hydrogens (tertiary/aromatic N) is 2. The lowest BCUT2D eigenvalue weighted by molar-refractivity contribution is 0.102. The molecule has 0 aliphatic heterocycles. The van der Waals surface area contributed by atoms with E-state index < -0.39 is 0 Å². The van der Waals surface area contributed by atoms with Gasteiger partial charge in [0.25, 0.3) is 5.91 Å². The van der Waals surface area contributed by atoms with Gasteiger partial charge in [0.05, 0.1) is 28.4 Å². The highest BCUT2D eigenvalue weighted by Gasteiger charge is 2.14. The molecule has 3 aromatic rings. The molecular weight excluding hydrogens is 345 g/mol. The molecule has 0 aliphatic carbocycles. The second kappa shape index (κ2) is 7.07. The number of aryl methyl sites for hydroxylation is 1. The summed E-state index contributed by atoms with van der Waals surface area (Å²) in [7, 11) is 0. The maximum absolute atomic E-state index is 12.4. The number of amides is 1. The molecule has 122 valence electrons. The fraction of sp³-hybridized carbons (Fsp3) is 0.111. The van der Waals surface area contributed by atoms with Gasteiger partial charge >= 0.3 is 0 Å². The Morgan fingerprint density at radius 1 is 1.17 bits per heavy atom. The summed E-state index contributed by atoms with van der Waals surface area (Å²) in [6, 6.07) is 14.8. The third kappa shape index (κ3) is 3.61. The van der Waals surface area contributed by atoms with Gasteiger partial charge in [0.1, 0.15) is 5.82 Å². The molecule has 1 heterocycles. The van der Waals surface area contributed by atoms with Crippen LogP contribution in [0.25, 0.3) is 0 Å². The molecule has 0 fully saturated rings. The fourth-order valence-electron chi connectivity index (χ4n) is 2.41. The summed E-state index contributed by atoms with van der Waals surface area (Å²) in [5.74, 6) is 0.269. The van der Waals surface area contributed by atoms with E-state index in [1.807, 2.05) is 25.1 Å². The molecule has 0 spiro atoms. The van der Waals surface area contributed by atoms with Crippen molar-refractivity contribution < 1.29 is 4.79 Å². The van der Waals surface area contributed by atoms with E-state index in [4.69, 9.17) is 23.2 Å². The van der Waals surface area contributed by atoms with Gasteiger partial charge in [-0.3, -0.25) is 4.79 Å². The van der Waals surface area contributed by atoms with Crippen LogP contribution in [-0.2, 0) is 6.54 Å². The Morgan fingerprint density at radius 2 is 1.96 bits per heavy atom. The van der Waals surface area contributed by atoms with Gasteiger partial charge in [-0.1, -0.05) is 59.1 Å². The lowest BCUT2D eigenvalue weighted by atomic mass is 10.1. The zero-order chi connectivity index (χ0) is 17.1. The van der Waals surface area contributed by atoms with E-state index >= 15 is 0 Å². The second-order valence-corrected chi connectivity index (χ2v) is 6.20. The number of carbonyl (C=O) groups is 1. The molecule has 0 aliphatic rings. The fourth-order valence-corrected chi connectivity index (χ4v) is 2.80. The number of hydrogen-bond acceptors (Lipinski definition) is 2. The molecule has 2 aromatic carbocycles. The van der Waals surface area contributed by atoms with Crippen molar-refractivity contribution in [1.29, 1.82) is 0 Å². The first-order valence-electron chi connectivity index (χ1n) is 7.37. The van der Waals surface area contributed by atoms with Crippen molar-refractivity contribution in [3.05, 3.63) is 81.5 Å². The van der Waals surface area contributed by atoms with Gasteiger partial charge in [-0.2, -0.15) is 5.10 Å². The average molecular weight is 360 g/mol. The summed E-state index contributed by atoms with van der Waals surface area (Å²) in [4.78, 5) is 12.4. The van der Waals surface area contributed by atoms with Crippen LogP contribution in [0.4, 0.5) is 5.82 Å². The highest BCUT2D eigenvalue weighted by molar-refractivity contribution is 6.44. The van der Waals surface area contributed by atoms with E-state index in [9.17, 15) is 4.79 Å². The predicted molar refractivity (Wildman–Crippen MR) is 96.9 cm³/mol. The van der Waals surface area contributed by atoms with Crippen molar-refractivity contribution in [2.24, 2.45) is 0 Å². The minimum absolute atomic E-state index is 0.237. The molecule has 0 unspecified atom stereocenters. The summed E-state index contributed by atoms with van der Waals surface area (Å²) in [6.45, 7) is 2.60. The summed E-state index contributed by atoms with van der Waals surface area (Å²) in [6.07, 6.45) is 1.64. The number of hydrogen-bond donors (Lipinski definition) is 1. The van der Waals surface area contributed by atoms with E-state index in [0.29, 0.717) is 22.9 Å². The first-order chi connectivity index (χ1) is 11.5. The van der Waals surface area contributed by atoms with Crippen LogP contribution in [0.1, 0.15) is 21.5 Å². The Labute approximate surface area is 150 Å². The van der Waals surface area contributed by atoms with Crippen LogP contribution >= 0.6 is 23.2 Å². The molecule has 24 heavy (non-hydrogen) atoms. The van der Waals surface area contributed by atoms with Crippen LogP contribution in [0.5, 0.6) is 0 Å². The van der Waals surface area contributed by atoms with E-state index in [-0.39, 0.29) is 10.9 Å². The molecule has 1 N–H and O–H groups in total. The molecule has 0 radical (unpaired) electrons. The van der Waals surface area contributed by atoms with Gasteiger partial charge in [0, 0.05) is 6.07 Å². The van der Waals surface area contributed by atoms with E-state index in [2.05, 4.69) is 16.5 Å². The molecule has 4 nitrogen and oxygen atoms in total. The van der Waals surface area contributed by atoms with Gasteiger partial charge in [0.2, 0.25) is 0 Å². The van der Waals surface area contributed by atoms with Gasteiger partial charge < -0.3 is 5.32 Å². The molecule has 0 bridgehead atoms. The van der Waals surface area contributed by atoms with Crippen molar-refractivity contribution >= 4 is 34.9 Å². The molecule has 3 rings (SSSR count). The van der Waals surface area contributed by atoms with Crippen LogP contribution in [-0.4, -0.2) is 15.7 Å². The van der Waals surface area contributed by atoms with Gasteiger partial charge in [0.15, 0.2) is 0 Å². The third-order valence-corrected chi connectivity index (χ3v) is 4.39. The largest absolute Gasteiger partial charge is 0.307 e. The number of aromatic nitrogens is 2. The Kier molecular flexibility index (Phi) is 4.88. The average Bonchev–Trinajstić information content (AvgIpc) is 2.97. The second-order valence-electron chi connectivity index (χ2n) is 5.42. The number of rotatable bonds is 4. The van der Waals surface area contributed by atoms with Crippen molar-refractivity contribution in [3.8, 4) is 0 Å².